The van der Waals surface area contributed by atoms with Crippen LogP contribution in [0.3, 0.4) is 0 Å². The highest BCUT2D eigenvalue weighted by Gasteiger charge is 2.28. The first-order chi connectivity index (χ1) is 26.3. The summed E-state index contributed by atoms with van der Waals surface area (Å²) in [6.45, 7) is 32.7. The molecule has 2 heterocycles. The van der Waals surface area contributed by atoms with Crippen LogP contribution in [0.25, 0.3) is 0 Å². The van der Waals surface area contributed by atoms with Crippen LogP contribution in [0.4, 0.5) is 0 Å². The predicted octanol–water partition coefficient (Wildman–Crippen LogP) is 15.4. The molecule has 54 heavy (non-hydrogen) atoms. The maximum atomic E-state index is 6.21. The Morgan fingerprint density at radius 2 is 1.37 bits per heavy atom. The zero-order valence-electron chi connectivity index (χ0n) is 37.5. The van der Waals surface area contributed by atoms with Gasteiger partial charge in [-0.15, -0.1) is 6.58 Å². The lowest BCUT2D eigenvalue weighted by molar-refractivity contribution is 0.0838. The molecule has 0 amide bonds. The number of allylic oxidation sites excluding steroid dienone is 7. The second-order valence-electron chi connectivity index (χ2n) is 17.3. The van der Waals surface area contributed by atoms with E-state index in [4.69, 9.17) is 4.74 Å². The first kappa shape index (κ1) is 50.4. The van der Waals surface area contributed by atoms with Crippen LogP contribution in [-0.4, -0.2) is 55.2 Å². The molecule has 2 unspecified atom stereocenters. The van der Waals surface area contributed by atoms with Gasteiger partial charge in [0.15, 0.2) is 0 Å². The summed E-state index contributed by atoms with van der Waals surface area (Å²) in [5.41, 5.74) is 3.10. The van der Waals surface area contributed by atoms with Crippen molar-refractivity contribution in [2.24, 2.45) is 17.8 Å². The van der Waals surface area contributed by atoms with Crippen LogP contribution >= 0.6 is 0 Å². The topological polar surface area (TPSA) is 15.7 Å². The third-order valence-corrected chi connectivity index (χ3v) is 12.3. The molecule has 0 radical (unpaired) electrons. The Bertz CT molecular complexity index is 964. The van der Waals surface area contributed by atoms with Crippen LogP contribution < -0.4 is 0 Å². The van der Waals surface area contributed by atoms with Crippen molar-refractivity contribution in [1.82, 2.24) is 9.80 Å². The van der Waals surface area contributed by atoms with E-state index >= 15 is 0 Å². The van der Waals surface area contributed by atoms with Gasteiger partial charge in [0.25, 0.3) is 0 Å². The highest BCUT2D eigenvalue weighted by atomic mass is 16.5. The molecule has 2 fully saturated rings. The van der Waals surface area contributed by atoms with Gasteiger partial charge in [-0.25, -0.2) is 0 Å². The van der Waals surface area contributed by atoms with Crippen molar-refractivity contribution < 1.29 is 4.74 Å². The van der Waals surface area contributed by atoms with Crippen LogP contribution in [0.1, 0.15) is 202 Å². The van der Waals surface area contributed by atoms with Gasteiger partial charge < -0.3 is 14.5 Å². The lowest BCUT2D eigenvalue weighted by Crippen LogP contribution is -2.47. The summed E-state index contributed by atoms with van der Waals surface area (Å²) in [7, 11) is 0. The molecule has 0 bridgehead atoms. The fourth-order valence-electron chi connectivity index (χ4n) is 8.38. The first-order valence-corrected chi connectivity index (χ1v) is 23.6. The Labute approximate surface area is 339 Å². The molecule has 314 valence electrons. The zero-order valence-corrected chi connectivity index (χ0v) is 37.5. The summed E-state index contributed by atoms with van der Waals surface area (Å²) < 4.78 is 6.21. The van der Waals surface area contributed by atoms with Gasteiger partial charge >= 0.3 is 0 Å². The Kier molecular flexibility index (Phi) is 32.4. The van der Waals surface area contributed by atoms with E-state index in [1.807, 2.05) is 6.92 Å². The molecule has 0 aromatic rings. The maximum absolute atomic E-state index is 6.21. The Morgan fingerprint density at radius 1 is 0.778 bits per heavy atom. The van der Waals surface area contributed by atoms with Gasteiger partial charge in [0.2, 0.25) is 0 Å². The van der Waals surface area contributed by atoms with Crippen molar-refractivity contribution in [3.8, 4) is 0 Å². The van der Waals surface area contributed by atoms with Crippen LogP contribution in [0, 0.1) is 17.8 Å². The normalized spacial score (nSPS) is 19.3. The SMILES string of the molecule is C=C(CCCCCCCCCC/C=C\CCCCC)OCC(CCC)CCC(=C)C1CCN(C2CCN(CC)CC2)CC1.C=CC.CC1=CCC(C)CC1. The monoisotopic (exact) mass is 751 g/mol. The minimum atomic E-state index is 0.638. The quantitative estimate of drug-likeness (QED) is 0.0497. The summed E-state index contributed by atoms with van der Waals surface area (Å²) in [5.74, 6) is 3.32. The average molecular weight is 751 g/mol. The van der Waals surface area contributed by atoms with Crippen molar-refractivity contribution in [1.29, 1.82) is 0 Å². The molecule has 3 nitrogen and oxygen atoms in total. The summed E-state index contributed by atoms with van der Waals surface area (Å²) in [6.07, 6.45) is 41.7. The molecule has 3 aliphatic rings. The third kappa shape index (κ3) is 26.3. The van der Waals surface area contributed by atoms with Gasteiger partial charge in [0, 0.05) is 12.5 Å². The second kappa shape index (κ2) is 34.7. The van der Waals surface area contributed by atoms with E-state index in [1.54, 1.807) is 11.6 Å². The van der Waals surface area contributed by atoms with Crippen molar-refractivity contribution in [2.75, 3.05) is 39.3 Å². The molecular weight excluding hydrogens is 657 g/mol. The smallest absolute Gasteiger partial charge is 0.0905 e. The van der Waals surface area contributed by atoms with E-state index in [9.17, 15) is 0 Å². The molecule has 0 N–H and O–H groups in total. The molecule has 2 atom stereocenters. The molecule has 3 rings (SSSR count). The fraction of sp³-hybridized carbons (Fsp3) is 0.804. The number of hydrogen-bond donors (Lipinski definition) is 0. The highest BCUT2D eigenvalue weighted by molar-refractivity contribution is 5.04. The van der Waals surface area contributed by atoms with Gasteiger partial charge in [0.05, 0.1) is 12.4 Å². The van der Waals surface area contributed by atoms with Crippen molar-refractivity contribution in [3.05, 3.63) is 60.9 Å². The molecule has 0 aromatic carbocycles. The average Bonchev–Trinajstić information content (AvgIpc) is 3.19. The lowest BCUT2D eigenvalue weighted by atomic mass is 9.84. The Balaban J connectivity index is 0.00000114. The lowest BCUT2D eigenvalue weighted by Gasteiger charge is -2.42. The summed E-state index contributed by atoms with van der Waals surface area (Å²) in [4.78, 5) is 5.41. The molecule has 2 aliphatic heterocycles. The van der Waals surface area contributed by atoms with Crippen molar-refractivity contribution in [2.45, 2.75) is 208 Å². The van der Waals surface area contributed by atoms with Gasteiger partial charge in [-0.05, 0) is 161 Å². The van der Waals surface area contributed by atoms with Gasteiger partial charge in [-0.3, -0.25) is 0 Å². The maximum Gasteiger partial charge on any atom is 0.0905 e. The van der Waals surface area contributed by atoms with E-state index in [2.05, 4.69) is 82.4 Å². The van der Waals surface area contributed by atoms with E-state index in [0.29, 0.717) is 5.92 Å². The minimum absolute atomic E-state index is 0.638. The Morgan fingerprint density at radius 3 is 1.91 bits per heavy atom. The summed E-state index contributed by atoms with van der Waals surface area (Å²) >= 11 is 0. The van der Waals surface area contributed by atoms with Crippen LogP contribution in [-0.2, 0) is 4.74 Å². The number of unbranched alkanes of at least 4 members (excludes halogenated alkanes) is 11. The number of rotatable bonds is 26. The van der Waals surface area contributed by atoms with Crippen molar-refractivity contribution >= 4 is 0 Å². The molecule has 3 heteroatoms. The van der Waals surface area contributed by atoms with E-state index in [0.717, 1.165) is 36.7 Å². The number of ether oxygens (including phenoxy) is 1. The standard InChI is InChI=1S/C40H74N2O.C8H14.C3H6/c1-6-9-10-11-12-13-14-15-16-17-18-19-20-21-22-24-37(5)43-35-38(23-7-2)26-25-36(4)39-27-33-42(34-28-39)40-29-31-41(8-3)32-30-40;1-7-3-5-8(2)6-4-7;1-3-2/h12-13,38-40H,4-11,14-35H2,1-3H3;3,8H,4-6H2,1-2H3;3H,1H2,2H3/b13-12-;;. The van der Waals surface area contributed by atoms with E-state index in [-0.39, 0.29) is 0 Å². The van der Waals surface area contributed by atoms with Gasteiger partial charge in [-0.1, -0.05) is 134 Å². The summed E-state index contributed by atoms with van der Waals surface area (Å²) in [6, 6.07) is 0.823. The number of nitrogens with zero attached hydrogens (tertiary/aromatic N) is 2. The van der Waals surface area contributed by atoms with Crippen LogP contribution in [0.15, 0.2) is 60.9 Å². The molecule has 1 aliphatic carbocycles. The Hall–Kier alpha value is -1.58. The minimum Gasteiger partial charge on any atom is -0.498 e. The van der Waals surface area contributed by atoms with Crippen molar-refractivity contribution in [3.63, 3.8) is 0 Å². The zero-order chi connectivity index (χ0) is 39.7. The third-order valence-electron chi connectivity index (χ3n) is 12.3. The van der Waals surface area contributed by atoms with Gasteiger partial charge in [0.1, 0.15) is 0 Å². The fourth-order valence-corrected chi connectivity index (χ4v) is 8.38. The predicted molar refractivity (Wildman–Crippen MR) is 243 cm³/mol. The highest BCUT2D eigenvalue weighted by Crippen LogP contribution is 2.31. The number of piperidine rings is 2. The van der Waals surface area contributed by atoms with E-state index in [1.165, 1.54) is 192 Å². The van der Waals surface area contributed by atoms with Crippen LogP contribution in [0.2, 0.25) is 0 Å². The number of hydrogen-bond acceptors (Lipinski definition) is 3. The van der Waals surface area contributed by atoms with Crippen LogP contribution in [0.5, 0.6) is 0 Å². The summed E-state index contributed by atoms with van der Waals surface area (Å²) in [5, 5.41) is 0. The molecule has 0 saturated carbocycles. The first-order valence-electron chi connectivity index (χ1n) is 23.6. The second-order valence-corrected chi connectivity index (χ2v) is 17.3. The van der Waals surface area contributed by atoms with Gasteiger partial charge in [-0.2, -0.15) is 0 Å². The molecular formula is C51H94N2O. The molecule has 0 spiro atoms. The number of likely N-dealkylation sites (tertiary alicyclic amines) is 2. The van der Waals surface area contributed by atoms with E-state index < -0.39 is 0 Å². The largest absolute Gasteiger partial charge is 0.498 e. The molecule has 2 saturated heterocycles. The molecule has 0 aromatic heterocycles.